The smallest absolute Gasteiger partial charge is 0.319 e. The molecule has 0 unspecified atom stereocenters. The molecule has 0 saturated carbocycles. The number of pyridine rings is 2. The zero-order chi connectivity index (χ0) is 17.9. The van der Waals surface area contributed by atoms with Crippen molar-refractivity contribution in [2.24, 2.45) is 7.05 Å². The molecule has 1 aliphatic rings. The topological polar surface area (TPSA) is 84.7 Å². The van der Waals surface area contributed by atoms with Gasteiger partial charge in [-0.3, -0.25) is 14.6 Å². The Morgan fingerprint density at radius 1 is 1.23 bits per heavy atom. The first-order chi connectivity index (χ1) is 12.7. The Labute approximate surface area is 151 Å². The summed E-state index contributed by atoms with van der Waals surface area (Å²) in [6.07, 6.45) is 10.0. The van der Waals surface area contributed by atoms with Gasteiger partial charge in [0.05, 0.1) is 29.3 Å². The Balaban J connectivity index is 1.52. The van der Waals surface area contributed by atoms with Gasteiger partial charge >= 0.3 is 6.03 Å². The van der Waals surface area contributed by atoms with Crippen molar-refractivity contribution in [1.82, 2.24) is 25.1 Å². The lowest BCUT2D eigenvalue weighted by Crippen LogP contribution is -2.35. The summed E-state index contributed by atoms with van der Waals surface area (Å²) in [5, 5.41) is 10.1. The number of hydrogen-bond acceptors (Lipinski definition) is 4. The van der Waals surface area contributed by atoms with Crippen molar-refractivity contribution >= 4 is 11.7 Å². The average Bonchev–Trinajstić information content (AvgIpc) is 3.09. The van der Waals surface area contributed by atoms with E-state index >= 15 is 0 Å². The average molecular weight is 348 g/mol. The van der Waals surface area contributed by atoms with Crippen LogP contribution >= 0.6 is 0 Å². The fourth-order valence-corrected chi connectivity index (χ4v) is 3.35. The van der Waals surface area contributed by atoms with Gasteiger partial charge in [0, 0.05) is 31.2 Å². The van der Waals surface area contributed by atoms with Gasteiger partial charge in [0.2, 0.25) is 0 Å². The molecule has 0 spiro atoms. The summed E-state index contributed by atoms with van der Waals surface area (Å²) < 4.78 is 1.71. The van der Waals surface area contributed by atoms with Crippen LogP contribution in [0.5, 0.6) is 0 Å². The Kier molecular flexibility index (Phi) is 4.35. The molecular weight excluding hydrogens is 328 g/mol. The lowest BCUT2D eigenvalue weighted by Gasteiger charge is -2.25. The van der Waals surface area contributed by atoms with Crippen LogP contribution < -0.4 is 10.6 Å². The Morgan fingerprint density at radius 2 is 2.08 bits per heavy atom. The van der Waals surface area contributed by atoms with Gasteiger partial charge in [0.1, 0.15) is 0 Å². The molecule has 3 heterocycles. The molecule has 1 aliphatic carbocycles. The van der Waals surface area contributed by atoms with E-state index in [0.29, 0.717) is 11.4 Å². The highest BCUT2D eigenvalue weighted by molar-refractivity contribution is 5.93. The number of fused-ring (bicyclic) bond motifs is 1. The molecule has 0 aromatic carbocycles. The number of carbonyl (C=O) groups is 1. The normalized spacial score (nSPS) is 16.0. The highest BCUT2D eigenvalue weighted by atomic mass is 16.2. The van der Waals surface area contributed by atoms with Gasteiger partial charge < -0.3 is 10.6 Å². The van der Waals surface area contributed by atoms with Crippen molar-refractivity contribution in [3.05, 3.63) is 60.3 Å². The number of nitrogens with one attached hydrogen (secondary N) is 2. The zero-order valence-electron chi connectivity index (χ0n) is 14.5. The van der Waals surface area contributed by atoms with E-state index in [1.54, 1.807) is 29.3 Å². The number of urea groups is 1. The molecule has 2 N–H and O–H groups in total. The molecule has 0 fully saturated rings. The van der Waals surface area contributed by atoms with E-state index in [4.69, 9.17) is 0 Å². The van der Waals surface area contributed by atoms with Crippen molar-refractivity contribution in [1.29, 1.82) is 0 Å². The molecule has 3 aromatic rings. The first kappa shape index (κ1) is 16.3. The molecule has 0 radical (unpaired) electrons. The van der Waals surface area contributed by atoms with Gasteiger partial charge in [0.15, 0.2) is 0 Å². The Morgan fingerprint density at radius 3 is 2.92 bits per heavy atom. The fourth-order valence-electron chi connectivity index (χ4n) is 3.35. The van der Waals surface area contributed by atoms with Crippen LogP contribution in [0.1, 0.15) is 30.1 Å². The summed E-state index contributed by atoms with van der Waals surface area (Å²) in [5.74, 6) is 0. The number of nitrogens with zero attached hydrogens (tertiary/aromatic N) is 4. The second-order valence-electron chi connectivity index (χ2n) is 6.39. The van der Waals surface area contributed by atoms with Gasteiger partial charge in [-0.25, -0.2) is 4.79 Å². The molecule has 3 aromatic heterocycles. The maximum Gasteiger partial charge on any atom is 0.319 e. The predicted molar refractivity (Wildman–Crippen MR) is 98.5 cm³/mol. The van der Waals surface area contributed by atoms with Crippen LogP contribution in [-0.2, 0) is 13.5 Å². The Hall–Kier alpha value is -3.22. The molecule has 0 aliphatic heterocycles. The molecule has 2 amide bonds. The van der Waals surface area contributed by atoms with Gasteiger partial charge in [-0.2, -0.15) is 5.10 Å². The second kappa shape index (κ2) is 6.95. The number of carbonyl (C=O) groups excluding carboxylic acids is 1. The molecule has 7 heteroatoms. The van der Waals surface area contributed by atoms with Crippen LogP contribution in [0.2, 0.25) is 0 Å². The maximum absolute atomic E-state index is 12.6. The van der Waals surface area contributed by atoms with Crippen molar-refractivity contribution in [2.75, 3.05) is 5.32 Å². The third-order valence-electron chi connectivity index (χ3n) is 4.53. The highest BCUT2D eigenvalue weighted by Crippen LogP contribution is 2.28. The number of amides is 2. The van der Waals surface area contributed by atoms with Gasteiger partial charge in [-0.05, 0) is 43.0 Å². The molecule has 132 valence electrons. The number of aryl methyl sites for hydroxylation is 2. The second-order valence-corrected chi connectivity index (χ2v) is 6.39. The molecule has 0 saturated heterocycles. The maximum atomic E-state index is 12.6. The van der Waals surface area contributed by atoms with Crippen LogP contribution in [-0.4, -0.2) is 25.8 Å². The zero-order valence-corrected chi connectivity index (χ0v) is 14.5. The lowest BCUT2D eigenvalue weighted by atomic mass is 9.92. The first-order valence-electron chi connectivity index (χ1n) is 8.66. The minimum atomic E-state index is -0.258. The molecule has 26 heavy (non-hydrogen) atoms. The van der Waals surface area contributed by atoms with Crippen molar-refractivity contribution in [3.8, 4) is 11.3 Å². The summed E-state index contributed by atoms with van der Waals surface area (Å²) in [6.45, 7) is 0. The molecular formula is C19H20N6O. The van der Waals surface area contributed by atoms with E-state index in [0.717, 1.165) is 30.5 Å². The Bertz CT molecular complexity index is 935. The molecule has 4 rings (SSSR count). The van der Waals surface area contributed by atoms with E-state index < -0.39 is 0 Å². The van der Waals surface area contributed by atoms with Crippen LogP contribution in [0.15, 0.2) is 49.1 Å². The van der Waals surface area contributed by atoms with Crippen molar-refractivity contribution in [2.45, 2.75) is 25.3 Å². The number of hydrogen-bond donors (Lipinski definition) is 2. The highest BCUT2D eigenvalue weighted by Gasteiger charge is 2.23. The summed E-state index contributed by atoms with van der Waals surface area (Å²) in [5.41, 5.74) is 4.37. The van der Waals surface area contributed by atoms with Crippen LogP contribution in [0, 0.1) is 0 Å². The van der Waals surface area contributed by atoms with Crippen molar-refractivity contribution < 1.29 is 4.79 Å². The third-order valence-corrected chi connectivity index (χ3v) is 4.53. The quantitative estimate of drug-likeness (QED) is 0.762. The number of aromatic nitrogens is 4. The van der Waals surface area contributed by atoms with E-state index in [1.807, 2.05) is 25.4 Å². The predicted octanol–water partition coefficient (Wildman–Crippen LogP) is 3.08. The van der Waals surface area contributed by atoms with E-state index in [2.05, 4.69) is 31.8 Å². The minimum absolute atomic E-state index is 0.0709. The fraction of sp³-hybridized carbons (Fsp3) is 0.263. The first-order valence-corrected chi connectivity index (χ1v) is 8.66. The number of rotatable bonds is 3. The van der Waals surface area contributed by atoms with E-state index in [1.165, 1.54) is 5.56 Å². The lowest BCUT2D eigenvalue weighted by molar-refractivity contribution is 0.246. The summed E-state index contributed by atoms with van der Waals surface area (Å²) in [7, 11) is 1.85. The molecule has 7 nitrogen and oxygen atoms in total. The van der Waals surface area contributed by atoms with Crippen molar-refractivity contribution in [3.63, 3.8) is 0 Å². The molecule has 0 bridgehead atoms. The standard InChI is InChI=1S/C19H20N6O/c1-25-12-14(11-22-25)18-16(8-4-10-21-18)24-19(26)23-15-7-2-5-13-6-3-9-20-17(13)15/h3-4,6,8-12,15H,2,5,7H2,1H3,(H2,23,24,26)/t15-/m1/s1. The van der Waals surface area contributed by atoms with E-state index in [9.17, 15) is 4.79 Å². The van der Waals surface area contributed by atoms with Gasteiger partial charge in [0.25, 0.3) is 0 Å². The van der Waals surface area contributed by atoms with Crippen LogP contribution in [0.3, 0.4) is 0 Å². The van der Waals surface area contributed by atoms with Crippen LogP contribution in [0.25, 0.3) is 11.3 Å². The van der Waals surface area contributed by atoms with Crippen LogP contribution in [0.4, 0.5) is 10.5 Å². The summed E-state index contributed by atoms with van der Waals surface area (Å²) in [6, 6.07) is 7.33. The largest absolute Gasteiger partial charge is 0.329 e. The SMILES string of the molecule is Cn1cc(-c2ncccc2NC(=O)N[C@@H]2CCCc3cccnc32)cn1. The minimum Gasteiger partial charge on any atom is -0.329 e. The monoisotopic (exact) mass is 348 g/mol. The van der Waals surface area contributed by atoms with Gasteiger partial charge in [-0.1, -0.05) is 6.07 Å². The van der Waals surface area contributed by atoms with E-state index in [-0.39, 0.29) is 12.1 Å². The third kappa shape index (κ3) is 3.28. The summed E-state index contributed by atoms with van der Waals surface area (Å²) >= 11 is 0. The number of anilines is 1. The summed E-state index contributed by atoms with van der Waals surface area (Å²) in [4.78, 5) is 21.4. The van der Waals surface area contributed by atoms with Gasteiger partial charge in [-0.15, -0.1) is 0 Å². The molecule has 1 atom stereocenters.